The highest BCUT2D eigenvalue weighted by molar-refractivity contribution is 5.95. The monoisotopic (exact) mass is 459 g/mol. The third-order valence-corrected chi connectivity index (χ3v) is 7.15. The molecule has 34 heavy (non-hydrogen) atoms. The fraction of sp³-hybridized carbons (Fsp3) is 0.444. The molecule has 2 aliphatic carbocycles. The highest BCUT2D eigenvalue weighted by atomic mass is 16.2. The van der Waals surface area contributed by atoms with Crippen LogP contribution in [-0.2, 0) is 0 Å². The molecule has 1 unspecified atom stereocenters. The van der Waals surface area contributed by atoms with Gasteiger partial charge in [-0.05, 0) is 75.7 Å². The van der Waals surface area contributed by atoms with Crippen LogP contribution in [0.25, 0.3) is 5.69 Å². The first kappa shape index (κ1) is 22.6. The van der Waals surface area contributed by atoms with E-state index >= 15 is 0 Å². The summed E-state index contributed by atoms with van der Waals surface area (Å²) in [4.78, 5) is 30.6. The van der Waals surface area contributed by atoms with Gasteiger partial charge in [0.15, 0.2) is 5.82 Å². The minimum absolute atomic E-state index is 0.0904. The lowest BCUT2D eigenvalue weighted by molar-refractivity contribution is 0.0951. The van der Waals surface area contributed by atoms with Crippen LogP contribution in [-0.4, -0.2) is 40.6 Å². The van der Waals surface area contributed by atoms with Gasteiger partial charge in [0.05, 0.1) is 5.69 Å². The Morgan fingerprint density at radius 2 is 2.00 bits per heavy atom. The van der Waals surface area contributed by atoms with Crippen molar-refractivity contribution in [3.63, 3.8) is 0 Å². The van der Waals surface area contributed by atoms with Crippen LogP contribution >= 0.6 is 0 Å². The highest BCUT2D eigenvalue weighted by Gasteiger charge is 2.30. The molecule has 0 bridgehead atoms. The van der Waals surface area contributed by atoms with Crippen molar-refractivity contribution in [1.82, 2.24) is 20.2 Å². The minimum Gasteiger partial charge on any atom is -0.362 e. The molecule has 2 aromatic rings. The predicted molar refractivity (Wildman–Crippen MR) is 134 cm³/mol. The second-order valence-corrected chi connectivity index (χ2v) is 9.67. The number of aromatic nitrogens is 2. The zero-order chi connectivity index (χ0) is 23.5. The number of nitrogens with zero attached hydrogens (tertiary/aromatic N) is 2. The van der Waals surface area contributed by atoms with E-state index in [1.807, 2.05) is 19.1 Å². The first-order valence-corrected chi connectivity index (χ1v) is 12.4. The van der Waals surface area contributed by atoms with Gasteiger partial charge in [-0.2, -0.15) is 0 Å². The number of hydrogen-bond acceptors (Lipinski definition) is 5. The van der Waals surface area contributed by atoms with Gasteiger partial charge in [0.25, 0.3) is 11.5 Å². The maximum atomic E-state index is 13.6. The highest BCUT2D eigenvalue weighted by Crippen LogP contribution is 2.29. The van der Waals surface area contributed by atoms with Crippen LogP contribution in [0.2, 0.25) is 0 Å². The maximum Gasteiger partial charge on any atom is 0.297 e. The van der Waals surface area contributed by atoms with Gasteiger partial charge in [-0.1, -0.05) is 30.4 Å². The molecule has 2 fully saturated rings. The summed E-state index contributed by atoms with van der Waals surface area (Å²) in [5, 5.41) is 10.0. The molecule has 1 aromatic heterocycles. The molecule has 1 saturated heterocycles. The molecule has 3 aliphatic rings. The molecule has 1 saturated carbocycles. The zero-order valence-corrected chi connectivity index (χ0v) is 19.7. The van der Waals surface area contributed by atoms with Crippen molar-refractivity contribution in [2.45, 2.75) is 51.1 Å². The second kappa shape index (κ2) is 9.97. The molecule has 178 valence electrons. The SMILES string of the molecule is Cc1ccc(C(=O)NC2CC2)cc1-n1ccnc(N[C@@H](C2C=CC=CC2)C2CCNCC2)c1=O. The van der Waals surface area contributed by atoms with E-state index in [1.165, 1.54) is 0 Å². The number of benzene rings is 1. The zero-order valence-electron chi connectivity index (χ0n) is 19.7. The summed E-state index contributed by atoms with van der Waals surface area (Å²) in [7, 11) is 0. The number of hydrogen-bond donors (Lipinski definition) is 3. The molecule has 1 aliphatic heterocycles. The largest absolute Gasteiger partial charge is 0.362 e. The van der Waals surface area contributed by atoms with Gasteiger partial charge in [0.2, 0.25) is 0 Å². The molecule has 1 amide bonds. The Morgan fingerprint density at radius 3 is 2.74 bits per heavy atom. The third kappa shape index (κ3) is 4.99. The van der Waals surface area contributed by atoms with Gasteiger partial charge in [0, 0.05) is 36.0 Å². The number of anilines is 1. The number of piperidine rings is 1. The number of amides is 1. The van der Waals surface area contributed by atoms with Crippen LogP contribution in [0.15, 0.2) is 59.7 Å². The van der Waals surface area contributed by atoms with Crippen molar-refractivity contribution in [3.05, 3.63) is 76.4 Å². The first-order valence-electron chi connectivity index (χ1n) is 12.4. The quantitative estimate of drug-likeness (QED) is 0.591. The van der Waals surface area contributed by atoms with Gasteiger partial charge in [-0.25, -0.2) is 4.98 Å². The fourth-order valence-corrected chi connectivity index (χ4v) is 5.01. The summed E-state index contributed by atoms with van der Waals surface area (Å²) in [6.07, 6.45) is 17.1. The normalized spacial score (nSPS) is 21.3. The summed E-state index contributed by atoms with van der Waals surface area (Å²) in [6, 6.07) is 5.94. The van der Waals surface area contributed by atoms with E-state index in [0.29, 0.717) is 28.9 Å². The Labute approximate surface area is 200 Å². The van der Waals surface area contributed by atoms with E-state index in [1.54, 1.807) is 23.0 Å². The topological polar surface area (TPSA) is 88.1 Å². The number of carbonyl (C=O) groups excluding carboxylic acids is 1. The molecule has 5 rings (SSSR count). The fourth-order valence-electron chi connectivity index (χ4n) is 5.01. The van der Waals surface area contributed by atoms with Crippen molar-refractivity contribution in [2.24, 2.45) is 11.8 Å². The van der Waals surface area contributed by atoms with Crippen molar-refractivity contribution in [3.8, 4) is 5.69 Å². The Bertz CT molecular complexity index is 1160. The number of carbonyl (C=O) groups is 1. The number of allylic oxidation sites excluding steroid dienone is 3. The van der Waals surface area contributed by atoms with Crippen molar-refractivity contribution >= 4 is 11.7 Å². The predicted octanol–water partition coefficient (Wildman–Crippen LogP) is 3.35. The van der Waals surface area contributed by atoms with Crippen molar-refractivity contribution in [1.29, 1.82) is 0 Å². The summed E-state index contributed by atoms with van der Waals surface area (Å²) in [5.41, 5.74) is 2.01. The van der Waals surface area contributed by atoms with Gasteiger partial charge in [-0.15, -0.1) is 0 Å². The summed E-state index contributed by atoms with van der Waals surface area (Å²) in [5.74, 6) is 1.06. The smallest absolute Gasteiger partial charge is 0.297 e. The molecule has 7 heteroatoms. The van der Waals surface area contributed by atoms with Crippen molar-refractivity contribution in [2.75, 3.05) is 18.4 Å². The molecule has 2 atom stereocenters. The van der Waals surface area contributed by atoms with E-state index in [-0.39, 0.29) is 23.6 Å². The average molecular weight is 460 g/mol. The van der Waals surface area contributed by atoms with E-state index in [2.05, 4.69) is 45.2 Å². The summed E-state index contributed by atoms with van der Waals surface area (Å²) in [6.45, 7) is 3.95. The van der Waals surface area contributed by atoms with Crippen LogP contribution in [0.4, 0.5) is 5.82 Å². The number of rotatable bonds is 7. The Morgan fingerprint density at radius 1 is 1.18 bits per heavy atom. The van der Waals surface area contributed by atoms with E-state index in [4.69, 9.17) is 0 Å². The minimum atomic E-state index is -0.195. The second-order valence-electron chi connectivity index (χ2n) is 9.67. The molecule has 2 heterocycles. The van der Waals surface area contributed by atoms with Gasteiger partial charge < -0.3 is 16.0 Å². The standard InChI is InChI=1S/C27H33N5O2/c1-18-7-8-21(26(33)30-22-9-10-22)17-23(18)32-16-15-29-25(27(32)34)31-24(19-5-3-2-4-6-19)20-11-13-28-14-12-20/h2-5,7-8,15-17,19-20,22,24,28H,6,9-14H2,1H3,(H,29,31)(H,30,33)/t19?,24-/m0/s1. The van der Waals surface area contributed by atoms with Gasteiger partial charge in [-0.3, -0.25) is 14.2 Å². The van der Waals surface area contributed by atoms with Gasteiger partial charge in [0.1, 0.15) is 0 Å². The Balaban J connectivity index is 1.44. The molecule has 0 spiro atoms. The van der Waals surface area contributed by atoms with E-state index < -0.39 is 0 Å². The van der Waals surface area contributed by atoms with Crippen LogP contribution in [0.3, 0.4) is 0 Å². The molecule has 7 nitrogen and oxygen atoms in total. The van der Waals surface area contributed by atoms with E-state index in [0.717, 1.165) is 50.8 Å². The summed E-state index contributed by atoms with van der Waals surface area (Å²) >= 11 is 0. The van der Waals surface area contributed by atoms with Gasteiger partial charge >= 0.3 is 0 Å². The molecule has 3 N–H and O–H groups in total. The maximum absolute atomic E-state index is 13.6. The van der Waals surface area contributed by atoms with Crippen LogP contribution in [0, 0.1) is 18.8 Å². The Kier molecular flexibility index (Phi) is 6.63. The van der Waals surface area contributed by atoms with E-state index in [9.17, 15) is 9.59 Å². The lowest BCUT2D eigenvalue weighted by atomic mass is 9.80. The first-order chi connectivity index (χ1) is 16.6. The summed E-state index contributed by atoms with van der Waals surface area (Å²) < 4.78 is 1.61. The molecule has 1 aromatic carbocycles. The van der Waals surface area contributed by atoms with Crippen LogP contribution in [0.5, 0.6) is 0 Å². The average Bonchev–Trinajstić information content (AvgIpc) is 3.69. The lowest BCUT2D eigenvalue weighted by Crippen LogP contribution is -2.43. The number of nitrogens with one attached hydrogen (secondary N) is 3. The van der Waals surface area contributed by atoms with Crippen LogP contribution in [0.1, 0.15) is 48.0 Å². The Hall–Kier alpha value is -3.19. The lowest BCUT2D eigenvalue weighted by Gasteiger charge is -2.36. The van der Waals surface area contributed by atoms with Crippen LogP contribution < -0.4 is 21.5 Å². The number of aryl methyl sites for hydroxylation is 1. The molecular weight excluding hydrogens is 426 g/mol. The third-order valence-electron chi connectivity index (χ3n) is 7.15. The van der Waals surface area contributed by atoms with Crippen molar-refractivity contribution < 1.29 is 4.79 Å². The molecule has 0 radical (unpaired) electrons. The molecular formula is C27H33N5O2.